The van der Waals surface area contributed by atoms with Gasteiger partial charge in [-0.25, -0.2) is 0 Å². The van der Waals surface area contributed by atoms with Crippen molar-refractivity contribution in [2.75, 3.05) is 21.3 Å². The van der Waals surface area contributed by atoms with Gasteiger partial charge in [-0.3, -0.25) is 0 Å². The van der Waals surface area contributed by atoms with Crippen molar-refractivity contribution in [3.8, 4) is 11.5 Å². The number of ether oxygens (including phenoxy) is 2. The average molecular weight is 356 g/mol. The Balaban J connectivity index is 2.36. The molecule has 1 unspecified atom stereocenters. The minimum absolute atomic E-state index is 0.200. The second kappa shape index (κ2) is 7.11. The molecule has 0 aliphatic rings. The minimum atomic E-state index is 0.200. The molecule has 0 saturated heterocycles. The predicted molar refractivity (Wildman–Crippen MR) is 87.1 cm³/mol. The van der Waals surface area contributed by atoms with Gasteiger partial charge >= 0.3 is 0 Å². The fourth-order valence-electron chi connectivity index (χ4n) is 2.19. The Morgan fingerprint density at radius 2 is 2.05 bits per heavy atom. The molecule has 0 spiro atoms. The standard InChI is InChI=1S/C15H18BrNO2S/c1-17-12(9-10-5-4-8-20-10)11-6-7-13(18-2)14(16)15(11)19-3/h4-8,12,17H,9H2,1-3H3. The first kappa shape index (κ1) is 15.4. The van der Waals surface area contributed by atoms with Crippen molar-refractivity contribution in [2.45, 2.75) is 12.5 Å². The summed E-state index contributed by atoms with van der Waals surface area (Å²) in [5, 5.41) is 5.46. The number of rotatable bonds is 6. The van der Waals surface area contributed by atoms with Gasteiger partial charge in [0.05, 0.1) is 14.2 Å². The SMILES string of the molecule is CNC(Cc1cccs1)c1ccc(OC)c(Br)c1OC. The number of nitrogens with one attached hydrogen (secondary N) is 1. The van der Waals surface area contributed by atoms with Crippen molar-refractivity contribution in [2.24, 2.45) is 0 Å². The molecule has 1 aromatic carbocycles. The van der Waals surface area contributed by atoms with E-state index in [1.165, 1.54) is 4.88 Å². The van der Waals surface area contributed by atoms with Crippen LogP contribution in [0.1, 0.15) is 16.5 Å². The molecule has 0 amide bonds. The van der Waals surface area contributed by atoms with Gasteiger partial charge in [0.15, 0.2) is 0 Å². The number of hydrogen-bond acceptors (Lipinski definition) is 4. The third-order valence-electron chi connectivity index (χ3n) is 3.23. The molecule has 108 valence electrons. The molecule has 0 bridgehead atoms. The van der Waals surface area contributed by atoms with Crippen LogP contribution >= 0.6 is 27.3 Å². The molecule has 1 atom stereocenters. The molecule has 3 nitrogen and oxygen atoms in total. The van der Waals surface area contributed by atoms with E-state index in [0.29, 0.717) is 0 Å². The van der Waals surface area contributed by atoms with E-state index in [1.54, 1.807) is 25.6 Å². The van der Waals surface area contributed by atoms with E-state index < -0.39 is 0 Å². The summed E-state index contributed by atoms with van der Waals surface area (Å²) in [5.41, 5.74) is 1.12. The molecule has 2 aromatic rings. The maximum absolute atomic E-state index is 5.56. The summed E-state index contributed by atoms with van der Waals surface area (Å²) in [6, 6.07) is 8.44. The Kier molecular flexibility index (Phi) is 5.46. The number of thiophene rings is 1. The molecule has 0 aliphatic carbocycles. The van der Waals surface area contributed by atoms with Crippen molar-refractivity contribution in [3.63, 3.8) is 0 Å². The van der Waals surface area contributed by atoms with Crippen LogP contribution in [0.5, 0.6) is 11.5 Å². The van der Waals surface area contributed by atoms with Crippen LogP contribution in [0.15, 0.2) is 34.1 Å². The number of benzene rings is 1. The van der Waals surface area contributed by atoms with E-state index >= 15 is 0 Å². The minimum Gasteiger partial charge on any atom is -0.495 e. The lowest BCUT2D eigenvalue weighted by atomic mass is 10.0. The molecule has 1 N–H and O–H groups in total. The zero-order valence-corrected chi connectivity index (χ0v) is 14.2. The largest absolute Gasteiger partial charge is 0.495 e. The van der Waals surface area contributed by atoms with Gasteiger partial charge in [-0.05, 0) is 46.6 Å². The lowest BCUT2D eigenvalue weighted by Crippen LogP contribution is -2.19. The highest BCUT2D eigenvalue weighted by molar-refractivity contribution is 9.10. The average Bonchev–Trinajstić information content (AvgIpc) is 2.97. The van der Waals surface area contributed by atoms with Gasteiger partial charge < -0.3 is 14.8 Å². The van der Waals surface area contributed by atoms with E-state index in [1.807, 2.05) is 13.1 Å². The maximum atomic E-state index is 5.56. The van der Waals surface area contributed by atoms with Gasteiger partial charge in [-0.1, -0.05) is 6.07 Å². The monoisotopic (exact) mass is 355 g/mol. The number of hydrogen-bond donors (Lipinski definition) is 1. The Morgan fingerprint density at radius 3 is 2.60 bits per heavy atom. The Hall–Kier alpha value is -1.04. The quantitative estimate of drug-likeness (QED) is 0.848. The van der Waals surface area contributed by atoms with Crippen molar-refractivity contribution in [1.82, 2.24) is 5.32 Å². The maximum Gasteiger partial charge on any atom is 0.141 e. The van der Waals surface area contributed by atoms with Crippen molar-refractivity contribution < 1.29 is 9.47 Å². The molecule has 0 radical (unpaired) electrons. The summed E-state index contributed by atoms with van der Waals surface area (Å²) in [4.78, 5) is 1.35. The van der Waals surface area contributed by atoms with Gasteiger partial charge in [0.1, 0.15) is 16.0 Å². The van der Waals surface area contributed by atoms with Crippen LogP contribution < -0.4 is 14.8 Å². The van der Waals surface area contributed by atoms with Crippen LogP contribution in [0, 0.1) is 0 Å². The topological polar surface area (TPSA) is 30.5 Å². The third kappa shape index (κ3) is 3.16. The summed E-state index contributed by atoms with van der Waals surface area (Å²) in [7, 11) is 5.30. The molecule has 0 fully saturated rings. The van der Waals surface area contributed by atoms with Gasteiger partial charge in [0.25, 0.3) is 0 Å². The number of methoxy groups -OCH3 is 2. The van der Waals surface area contributed by atoms with E-state index in [4.69, 9.17) is 9.47 Å². The lowest BCUT2D eigenvalue weighted by Gasteiger charge is -2.21. The van der Waals surface area contributed by atoms with E-state index in [2.05, 4.69) is 44.8 Å². The molecule has 5 heteroatoms. The van der Waals surface area contributed by atoms with Crippen LogP contribution in [0.25, 0.3) is 0 Å². The summed E-state index contributed by atoms with van der Waals surface area (Å²) < 4.78 is 11.7. The van der Waals surface area contributed by atoms with Crippen molar-refractivity contribution in [3.05, 3.63) is 44.6 Å². The Morgan fingerprint density at radius 1 is 1.25 bits per heavy atom. The zero-order valence-electron chi connectivity index (χ0n) is 11.8. The first-order chi connectivity index (χ1) is 9.71. The predicted octanol–water partition coefficient (Wildman–Crippen LogP) is 4.03. The van der Waals surface area contributed by atoms with E-state index in [-0.39, 0.29) is 6.04 Å². The molecule has 0 saturated carbocycles. The highest BCUT2D eigenvalue weighted by Crippen LogP contribution is 2.40. The summed E-state index contributed by atoms with van der Waals surface area (Å²) in [6.45, 7) is 0. The van der Waals surface area contributed by atoms with E-state index in [0.717, 1.165) is 28.0 Å². The van der Waals surface area contributed by atoms with Gasteiger partial charge in [-0.2, -0.15) is 0 Å². The second-order valence-electron chi connectivity index (χ2n) is 4.33. The Bertz CT molecular complexity index is 557. The molecule has 20 heavy (non-hydrogen) atoms. The lowest BCUT2D eigenvalue weighted by molar-refractivity contribution is 0.381. The number of likely N-dealkylation sites (N-methyl/N-ethyl adjacent to an activating group) is 1. The molecule has 1 heterocycles. The van der Waals surface area contributed by atoms with Crippen LogP contribution in [-0.4, -0.2) is 21.3 Å². The molecular formula is C15H18BrNO2S. The fraction of sp³-hybridized carbons (Fsp3) is 0.333. The van der Waals surface area contributed by atoms with Gasteiger partial charge in [-0.15, -0.1) is 11.3 Å². The third-order valence-corrected chi connectivity index (χ3v) is 4.88. The zero-order chi connectivity index (χ0) is 14.5. The normalized spacial score (nSPS) is 12.2. The number of halogens is 1. The van der Waals surface area contributed by atoms with Crippen molar-refractivity contribution in [1.29, 1.82) is 0 Å². The first-order valence-electron chi connectivity index (χ1n) is 6.31. The van der Waals surface area contributed by atoms with Gasteiger partial charge in [0, 0.05) is 22.9 Å². The van der Waals surface area contributed by atoms with Crippen LogP contribution in [0.4, 0.5) is 0 Å². The second-order valence-corrected chi connectivity index (χ2v) is 6.15. The first-order valence-corrected chi connectivity index (χ1v) is 7.98. The van der Waals surface area contributed by atoms with Crippen LogP contribution in [0.3, 0.4) is 0 Å². The summed E-state index contributed by atoms with van der Waals surface area (Å²) in [5.74, 6) is 1.59. The fourth-order valence-corrected chi connectivity index (χ4v) is 3.63. The van der Waals surface area contributed by atoms with Crippen LogP contribution in [-0.2, 0) is 6.42 Å². The van der Waals surface area contributed by atoms with Crippen LogP contribution in [0.2, 0.25) is 0 Å². The van der Waals surface area contributed by atoms with Crippen molar-refractivity contribution >= 4 is 27.3 Å². The highest BCUT2D eigenvalue weighted by Gasteiger charge is 2.20. The van der Waals surface area contributed by atoms with E-state index in [9.17, 15) is 0 Å². The smallest absolute Gasteiger partial charge is 0.141 e. The molecular weight excluding hydrogens is 338 g/mol. The van der Waals surface area contributed by atoms with Gasteiger partial charge in [0.2, 0.25) is 0 Å². The summed E-state index contributed by atoms with van der Waals surface area (Å²) >= 11 is 5.32. The summed E-state index contributed by atoms with van der Waals surface area (Å²) in [6.07, 6.45) is 0.934. The Labute approximate surface area is 132 Å². The molecule has 0 aliphatic heterocycles. The highest BCUT2D eigenvalue weighted by atomic mass is 79.9. The molecule has 1 aromatic heterocycles. The molecule has 2 rings (SSSR count).